The molecule has 0 bridgehead atoms. The molecule has 4 heteroatoms. The molecule has 1 aliphatic heterocycles. The first-order valence-corrected chi connectivity index (χ1v) is 9.14. The summed E-state index contributed by atoms with van der Waals surface area (Å²) < 4.78 is 1.07. The third kappa shape index (κ3) is 3.55. The fourth-order valence-electron chi connectivity index (χ4n) is 3.59. The van der Waals surface area contributed by atoms with Gasteiger partial charge in [-0.1, -0.05) is 58.4 Å². The van der Waals surface area contributed by atoms with Gasteiger partial charge in [0.05, 0.1) is 12.0 Å². The van der Waals surface area contributed by atoms with Crippen molar-refractivity contribution in [1.29, 1.82) is 0 Å². The largest absolute Gasteiger partial charge is 0.481 e. The lowest BCUT2D eigenvalue weighted by molar-refractivity contribution is -0.143. The maximum Gasteiger partial charge on any atom is 0.307 e. The molecule has 1 N–H and O–H groups in total. The van der Waals surface area contributed by atoms with Crippen LogP contribution in [0.15, 0.2) is 53.0 Å². The number of hydrogen-bond acceptors (Lipinski definition) is 2. The number of carboxylic acid groups (broad SMARTS) is 1. The van der Waals surface area contributed by atoms with E-state index in [1.165, 1.54) is 16.7 Å². The number of nitrogens with zero attached hydrogens (tertiary/aromatic N) is 1. The predicted octanol–water partition coefficient (Wildman–Crippen LogP) is 4.64. The number of aliphatic carboxylic acids is 1. The molecule has 1 aliphatic rings. The lowest BCUT2D eigenvalue weighted by Crippen LogP contribution is -2.41. The van der Waals surface area contributed by atoms with Crippen LogP contribution in [0, 0.1) is 12.8 Å². The number of piperidine rings is 1. The molecule has 1 fully saturated rings. The Bertz CT molecular complexity index is 686. The average molecular weight is 388 g/mol. The van der Waals surface area contributed by atoms with Crippen molar-refractivity contribution in [2.24, 2.45) is 5.92 Å². The van der Waals surface area contributed by atoms with E-state index in [0.29, 0.717) is 6.54 Å². The molecule has 0 saturated carbocycles. The van der Waals surface area contributed by atoms with E-state index in [4.69, 9.17) is 0 Å². The van der Waals surface area contributed by atoms with E-state index >= 15 is 0 Å². The number of halogens is 1. The second-order valence-electron chi connectivity index (χ2n) is 6.45. The lowest BCUT2D eigenvalue weighted by Gasteiger charge is -2.38. The maximum atomic E-state index is 11.5. The summed E-state index contributed by atoms with van der Waals surface area (Å²) >= 11 is 3.69. The highest BCUT2D eigenvalue weighted by molar-refractivity contribution is 9.10. The number of carboxylic acids is 1. The molecule has 3 nitrogen and oxygen atoms in total. The van der Waals surface area contributed by atoms with Gasteiger partial charge in [-0.25, -0.2) is 0 Å². The second kappa shape index (κ2) is 7.49. The van der Waals surface area contributed by atoms with Gasteiger partial charge in [-0.2, -0.15) is 0 Å². The minimum absolute atomic E-state index is 0.0731. The molecular formula is C20H22BrNO2. The number of likely N-dealkylation sites (tertiary alicyclic amines) is 1. The molecule has 0 radical (unpaired) electrons. The Labute approximate surface area is 151 Å². The van der Waals surface area contributed by atoms with E-state index in [9.17, 15) is 9.90 Å². The first-order chi connectivity index (χ1) is 11.6. The summed E-state index contributed by atoms with van der Waals surface area (Å²) in [6.45, 7) is 3.64. The lowest BCUT2D eigenvalue weighted by atomic mass is 9.89. The number of benzene rings is 2. The SMILES string of the molecule is Cc1ccccc1C(c1ccccc1Br)N1CCCC(C(=O)O)C1. The molecule has 2 aromatic rings. The van der Waals surface area contributed by atoms with Crippen molar-refractivity contribution in [1.82, 2.24) is 4.90 Å². The zero-order valence-corrected chi connectivity index (χ0v) is 15.4. The zero-order valence-electron chi connectivity index (χ0n) is 13.8. The fraction of sp³-hybridized carbons (Fsp3) is 0.350. The van der Waals surface area contributed by atoms with Crippen molar-refractivity contribution in [2.75, 3.05) is 13.1 Å². The molecule has 24 heavy (non-hydrogen) atoms. The van der Waals surface area contributed by atoms with Crippen LogP contribution in [0.3, 0.4) is 0 Å². The predicted molar refractivity (Wildman–Crippen MR) is 99.1 cm³/mol. The summed E-state index contributed by atoms with van der Waals surface area (Å²) in [7, 11) is 0. The van der Waals surface area contributed by atoms with Crippen molar-refractivity contribution in [3.05, 3.63) is 69.7 Å². The monoisotopic (exact) mass is 387 g/mol. The van der Waals surface area contributed by atoms with Gasteiger partial charge in [-0.15, -0.1) is 0 Å². The van der Waals surface area contributed by atoms with Crippen LogP contribution >= 0.6 is 15.9 Å². The van der Waals surface area contributed by atoms with E-state index < -0.39 is 5.97 Å². The second-order valence-corrected chi connectivity index (χ2v) is 7.31. The molecule has 0 aromatic heterocycles. The van der Waals surface area contributed by atoms with Crippen LogP contribution in [-0.4, -0.2) is 29.1 Å². The van der Waals surface area contributed by atoms with Gasteiger partial charge in [0.25, 0.3) is 0 Å². The van der Waals surface area contributed by atoms with Crippen LogP contribution in [0.4, 0.5) is 0 Å². The van der Waals surface area contributed by atoms with E-state index in [-0.39, 0.29) is 12.0 Å². The third-order valence-electron chi connectivity index (χ3n) is 4.85. The van der Waals surface area contributed by atoms with Gasteiger partial charge in [-0.05, 0) is 49.1 Å². The van der Waals surface area contributed by atoms with Gasteiger partial charge >= 0.3 is 5.97 Å². The third-order valence-corrected chi connectivity index (χ3v) is 5.57. The summed E-state index contributed by atoms with van der Waals surface area (Å²) in [5.74, 6) is -0.969. The van der Waals surface area contributed by atoms with Crippen molar-refractivity contribution in [3.63, 3.8) is 0 Å². The standard InChI is InChI=1S/C20H22BrNO2/c1-14-7-2-3-9-16(14)19(17-10-4-5-11-18(17)21)22-12-6-8-15(13-22)20(23)24/h2-5,7,9-11,15,19H,6,8,12-13H2,1H3,(H,23,24). The molecule has 126 valence electrons. The van der Waals surface area contributed by atoms with Crippen molar-refractivity contribution in [3.8, 4) is 0 Å². The summed E-state index contributed by atoms with van der Waals surface area (Å²) in [6.07, 6.45) is 1.69. The van der Waals surface area contributed by atoms with Crippen molar-refractivity contribution >= 4 is 21.9 Å². The highest BCUT2D eigenvalue weighted by Crippen LogP contribution is 2.37. The topological polar surface area (TPSA) is 40.5 Å². The Balaban J connectivity index is 2.04. The molecule has 1 saturated heterocycles. The Hall–Kier alpha value is -1.65. The number of carbonyl (C=O) groups is 1. The number of rotatable bonds is 4. The Morgan fingerprint density at radius 1 is 1.17 bits per heavy atom. The number of hydrogen-bond donors (Lipinski definition) is 1. The normalized spacial score (nSPS) is 19.8. The highest BCUT2D eigenvalue weighted by Gasteiger charge is 2.32. The van der Waals surface area contributed by atoms with Crippen LogP contribution in [0.25, 0.3) is 0 Å². The van der Waals surface area contributed by atoms with Gasteiger partial charge in [0.2, 0.25) is 0 Å². The van der Waals surface area contributed by atoms with Crippen LogP contribution < -0.4 is 0 Å². The van der Waals surface area contributed by atoms with E-state index in [1.54, 1.807) is 0 Å². The smallest absolute Gasteiger partial charge is 0.307 e. The number of aryl methyl sites for hydroxylation is 1. The quantitative estimate of drug-likeness (QED) is 0.830. The molecule has 0 amide bonds. The molecule has 1 heterocycles. The summed E-state index contributed by atoms with van der Waals surface area (Å²) in [5.41, 5.74) is 3.67. The van der Waals surface area contributed by atoms with Crippen LogP contribution in [0.5, 0.6) is 0 Å². The molecule has 0 spiro atoms. The van der Waals surface area contributed by atoms with E-state index in [1.807, 2.05) is 18.2 Å². The van der Waals surface area contributed by atoms with Crippen LogP contribution in [0.1, 0.15) is 35.6 Å². The molecular weight excluding hydrogens is 366 g/mol. The Morgan fingerprint density at radius 3 is 2.50 bits per heavy atom. The van der Waals surface area contributed by atoms with Gasteiger partial charge in [0, 0.05) is 11.0 Å². The first kappa shape index (κ1) is 17.2. The highest BCUT2D eigenvalue weighted by atomic mass is 79.9. The Kier molecular flexibility index (Phi) is 5.36. The van der Waals surface area contributed by atoms with Crippen molar-refractivity contribution < 1.29 is 9.90 Å². The summed E-state index contributed by atoms with van der Waals surface area (Å²) in [4.78, 5) is 13.8. The fourth-order valence-corrected chi connectivity index (χ4v) is 4.10. The Morgan fingerprint density at radius 2 is 1.83 bits per heavy atom. The van der Waals surface area contributed by atoms with Gasteiger partial charge < -0.3 is 5.11 Å². The molecule has 2 aromatic carbocycles. The summed E-state index contributed by atoms with van der Waals surface area (Å²) in [6, 6.07) is 16.7. The van der Waals surface area contributed by atoms with Crippen LogP contribution in [0.2, 0.25) is 0 Å². The van der Waals surface area contributed by atoms with Gasteiger partial charge in [0.1, 0.15) is 0 Å². The summed E-state index contributed by atoms with van der Waals surface area (Å²) in [5, 5.41) is 9.45. The molecule has 2 unspecified atom stereocenters. The maximum absolute atomic E-state index is 11.5. The van der Waals surface area contributed by atoms with E-state index in [0.717, 1.165) is 23.9 Å². The molecule has 2 atom stereocenters. The first-order valence-electron chi connectivity index (χ1n) is 8.34. The molecule has 0 aliphatic carbocycles. The van der Waals surface area contributed by atoms with E-state index in [2.05, 4.69) is 58.1 Å². The zero-order chi connectivity index (χ0) is 17.1. The average Bonchev–Trinajstić information content (AvgIpc) is 2.59. The van der Waals surface area contributed by atoms with Crippen LogP contribution in [-0.2, 0) is 4.79 Å². The minimum Gasteiger partial charge on any atom is -0.481 e. The van der Waals surface area contributed by atoms with Crippen molar-refractivity contribution in [2.45, 2.75) is 25.8 Å². The minimum atomic E-state index is -0.685. The van der Waals surface area contributed by atoms with Gasteiger partial charge in [0.15, 0.2) is 0 Å². The van der Waals surface area contributed by atoms with Gasteiger partial charge in [-0.3, -0.25) is 9.69 Å². The molecule has 3 rings (SSSR count).